The van der Waals surface area contributed by atoms with E-state index in [1.54, 1.807) is 0 Å². The Balaban J connectivity index is 2.14. The number of hydrogen-bond donors (Lipinski definition) is 1. The molecular weight excluding hydrogens is 232 g/mol. The Kier molecular flexibility index (Phi) is 5.70. The SMILES string of the molecule is CCNC(CC(C)C)C1(N2CCCCC2)CCCC1. The molecule has 2 aliphatic rings. The molecule has 1 atom stereocenters. The quantitative estimate of drug-likeness (QED) is 0.786. The first-order valence-corrected chi connectivity index (χ1v) is 8.67. The zero-order valence-corrected chi connectivity index (χ0v) is 13.4. The molecule has 0 aromatic heterocycles. The van der Waals surface area contributed by atoms with Crippen LogP contribution in [0.4, 0.5) is 0 Å². The first-order chi connectivity index (χ1) is 9.19. The second-order valence-corrected chi connectivity index (χ2v) is 7.10. The monoisotopic (exact) mass is 266 g/mol. The number of hydrogen-bond acceptors (Lipinski definition) is 2. The van der Waals surface area contributed by atoms with Gasteiger partial charge in [-0.25, -0.2) is 0 Å². The molecule has 2 rings (SSSR count). The average Bonchev–Trinajstić information content (AvgIpc) is 2.89. The summed E-state index contributed by atoms with van der Waals surface area (Å²) in [6.45, 7) is 10.8. The molecule has 1 unspecified atom stereocenters. The molecular formula is C17H34N2. The third-order valence-electron chi connectivity index (χ3n) is 5.26. The van der Waals surface area contributed by atoms with Crippen molar-refractivity contribution >= 4 is 0 Å². The Morgan fingerprint density at radius 2 is 1.63 bits per heavy atom. The molecule has 0 amide bonds. The standard InChI is InChI=1S/C17H34N2/c1-4-18-16(14-15(2)3)17(10-6-7-11-17)19-12-8-5-9-13-19/h15-16,18H,4-14H2,1-3H3. The van der Waals surface area contributed by atoms with Gasteiger partial charge in [0.2, 0.25) is 0 Å². The highest BCUT2D eigenvalue weighted by Gasteiger charge is 2.45. The summed E-state index contributed by atoms with van der Waals surface area (Å²) in [7, 11) is 0. The number of piperidine rings is 1. The van der Waals surface area contributed by atoms with E-state index in [0.29, 0.717) is 11.6 Å². The number of likely N-dealkylation sites (N-methyl/N-ethyl adjacent to an activating group) is 1. The first kappa shape index (κ1) is 15.3. The normalized spacial score (nSPS) is 25.9. The molecule has 1 saturated carbocycles. The molecule has 1 heterocycles. The Morgan fingerprint density at radius 3 is 2.16 bits per heavy atom. The maximum Gasteiger partial charge on any atom is 0.0362 e. The predicted molar refractivity (Wildman–Crippen MR) is 83.5 cm³/mol. The summed E-state index contributed by atoms with van der Waals surface area (Å²) in [5.74, 6) is 0.798. The van der Waals surface area contributed by atoms with E-state index in [1.165, 1.54) is 64.5 Å². The Hall–Kier alpha value is -0.0800. The van der Waals surface area contributed by atoms with Gasteiger partial charge in [0, 0.05) is 11.6 Å². The zero-order chi connectivity index (χ0) is 13.7. The molecule has 1 aliphatic carbocycles. The van der Waals surface area contributed by atoms with Crippen LogP contribution in [0.3, 0.4) is 0 Å². The van der Waals surface area contributed by atoms with Crippen LogP contribution in [0.25, 0.3) is 0 Å². The second kappa shape index (κ2) is 7.08. The fourth-order valence-corrected chi connectivity index (χ4v) is 4.42. The molecule has 0 spiro atoms. The van der Waals surface area contributed by atoms with Crippen LogP contribution in [-0.4, -0.2) is 36.1 Å². The van der Waals surface area contributed by atoms with Gasteiger partial charge in [-0.3, -0.25) is 4.90 Å². The van der Waals surface area contributed by atoms with E-state index in [0.717, 1.165) is 12.5 Å². The van der Waals surface area contributed by atoms with Crippen molar-refractivity contribution < 1.29 is 0 Å². The number of nitrogens with zero attached hydrogens (tertiary/aromatic N) is 1. The van der Waals surface area contributed by atoms with Gasteiger partial charge in [0.05, 0.1) is 0 Å². The fraction of sp³-hybridized carbons (Fsp3) is 1.00. The molecule has 2 nitrogen and oxygen atoms in total. The summed E-state index contributed by atoms with van der Waals surface area (Å²) >= 11 is 0. The van der Waals surface area contributed by atoms with Crippen molar-refractivity contribution in [3.05, 3.63) is 0 Å². The Morgan fingerprint density at radius 1 is 1.00 bits per heavy atom. The second-order valence-electron chi connectivity index (χ2n) is 7.10. The van der Waals surface area contributed by atoms with Crippen LogP contribution in [0, 0.1) is 5.92 Å². The minimum Gasteiger partial charge on any atom is -0.312 e. The molecule has 1 N–H and O–H groups in total. The molecule has 112 valence electrons. The minimum absolute atomic E-state index is 0.487. The minimum atomic E-state index is 0.487. The van der Waals surface area contributed by atoms with Crippen LogP contribution < -0.4 is 5.32 Å². The van der Waals surface area contributed by atoms with E-state index >= 15 is 0 Å². The fourth-order valence-electron chi connectivity index (χ4n) is 4.42. The lowest BCUT2D eigenvalue weighted by Crippen LogP contribution is -2.61. The van der Waals surface area contributed by atoms with E-state index in [-0.39, 0.29) is 0 Å². The lowest BCUT2D eigenvalue weighted by Gasteiger charge is -2.49. The van der Waals surface area contributed by atoms with Crippen LogP contribution in [0.5, 0.6) is 0 Å². The maximum absolute atomic E-state index is 3.85. The molecule has 1 saturated heterocycles. The smallest absolute Gasteiger partial charge is 0.0362 e. The van der Waals surface area contributed by atoms with Crippen molar-refractivity contribution in [2.24, 2.45) is 5.92 Å². The molecule has 0 aromatic rings. The van der Waals surface area contributed by atoms with Crippen molar-refractivity contribution in [3.63, 3.8) is 0 Å². The van der Waals surface area contributed by atoms with Gasteiger partial charge in [-0.05, 0) is 57.7 Å². The number of likely N-dealkylation sites (tertiary alicyclic amines) is 1. The number of nitrogens with one attached hydrogen (secondary N) is 1. The van der Waals surface area contributed by atoms with Crippen molar-refractivity contribution in [1.82, 2.24) is 10.2 Å². The van der Waals surface area contributed by atoms with Gasteiger partial charge in [-0.1, -0.05) is 40.0 Å². The lowest BCUT2D eigenvalue weighted by atomic mass is 9.80. The summed E-state index contributed by atoms with van der Waals surface area (Å²) < 4.78 is 0. The third-order valence-corrected chi connectivity index (χ3v) is 5.26. The number of rotatable bonds is 6. The van der Waals surface area contributed by atoms with Gasteiger partial charge in [-0.15, -0.1) is 0 Å². The van der Waals surface area contributed by atoms with Crippen molar-refractivity contribution in [3.8, 4) is 0 Å². The summed E-state index contributed by atoms with van der Waals surface area (Å²) in [5.41, 5.74) is 0.487. The average molecular weight is 266 g/mol. The zero-order valence-electron chi connectivity index (χ0n) is 13.4. The topological polar surface area (TPSA) is 15.3 Å². The van der Waals surface area contributed by atoms with Gasteiger partial charge in [0.1, 0.15) is 0 Å². The molecule has 0 aromatic carbocycles. The summed E-state index contributed by atoms with van der Waals surface area (Å²) in [6, 6.07) is 0.707. The predicted octanol–water partition coefficient (Wildman–Crippen LogP) is 3.81. The molecule has 2 fully saturated rings. The highest BCUT2D eigenvalue weighted by Crippen LogP contribution is 2.41. The summed E-state index contributed by atoms with van der Waals surface area (Å²) in [4.78, 5) is 2.87. The van der Waals surface area contributed by atoms with Gasteiger partial charge in [-0.2, -0.15) is 0 Å². The van der Waals surface area contributed by atoms with E-state index in [9.17, 15) is 0 Å². The highest BCUT2D eigenvalue weighted by molar-refractivity contribution is 5.04. The van der Waals surface area contributed by atoms with E-state index in [4.69, 9.17) is 0 Å². The van der Waals surface area contributed by atoms with Crippen LogP contribution in [0.1, 0.15) is 72.1 Å². The van der Waals surface area contributed by atoms with Crippen LogP contribution in [0.15, 0.2) is 0 Å². The largest absolute Gasteiger partial charge is 0.312 e. The highest BCUT2D eigenvalue weighted by atomic mass is 15.2. The van der Waals surface area contributed by atoms with Crippen molar-refractivity contribution in [2.45, 2.75) is 83.7 Å². The summed E-state index contributed by atoms with van der Waals surface area (Å²) in [5, 5.41) is 3.85. The van der Waals surface area contributed by atoms with E-state index in [2.05, 4.69) is 31.0 Å². The third kappa shape index (κ3) is 3.52. The van der Waals surface area contributed by atoms with Crippen LogP contribution in [0.2, 0.25) is 0 Å². The Bertz CT molecular complexity index is 250. The van der Waals surface area contributed by atoms with Gasteiger partial charge in [0.25, 0.3) is 0 Å². The van der Waals surface area contributed by atoms with Crippen LogP contribution in [-0.2, 0) is 0 Å². The van der Waals surface area contributed by atoms with Gasteiger partial charge >= 0.3 is 0 Å². The van der Waals surface area contributed by atoms with Crippen LogP contribution >= 0.6 is 0 Å². The van der Waals surface area contributed by atoms with Crippen molar-refractivity contribution in [2.75, 3.05) is 19.6 Å². The Labute approximate surface area is 120 Å². The van der Waals surface area contributed by atoms with E-state index < -0.39 is 0 Å². The van der Waals surface area contributed by atoms with Crippen molar-refractivity contribution in [1.29, 1.82) is 0 Å². The lowest BCUT2D eigenvalue weighted by molar-refractivity contribution is 0.0306. The maximum atomic E-state index is 3.85. The molecule has 19 heavy (non-hydrogen) atoms. The molecule has 0 bridgehead atoms. The molecule has 1 aliphatic heterocycles. The first-order valence-electron chi connectivity index (χ1n) is 8.67. The van der Waals surface area contributed by atoms with E-state index in [1.807, 2.05) is 0 Å². The van der Waals surface area contributed by atoms with Gasteiger partial charge < -0.3 is 5.32 Å². The summed E-state index contributed by atoms with van der Waals surface area (Å²) in [6.07, 6.45) is 11.4. The molecule has 2 heteroatoms. The van der Waals surface area contributed by atoms with Gasteiger partial charge in [0.15, 0.2) is 0 Å². The molecule has 0 radical (unpaired) electrons.